The van der Waals surface area contributed by atoms with Gasteiger partial charge in [0.05, 0.1) is 23.2 Å². The molecule has 0 aliphatic heterocycles. The van der Waals surface area contributed by atoms with E-state index in [0.29, 0.717) is 54.3 Å². The Morgan fingerprint density at radius 3 is 1.90 bits per heavy atom. The molecule has 4 aromatic rings. The first-order valence-corrected chi connectivity index (χ1v) is 20.7. The van der Waals surface area contributed by atoms with Crippen LogP contribution in [0.4, 0.5) is 39.3 Å². The molecule has 2 aromatic carbocycles. The van der Waals surface area contributed by atoms with Crippen LogP contribution in [0.3, 0.4) is 0 Å². The minimum Gasteiger partial charge on any atom is -0.443 e. The van der Waals surface area contributed by atoms with E-state index in [4.69, 9.17) is 19.2 Å². The van der Waals surface area contributed by atoms with Crippen molar-refractivity contribution in [3.8, 4) is 11.3 Å². The summed E-state index contributed by atoms with van der Waals surface area (Å²) in [5.74, 6) is -0.155. The average Bonchev–Trinajstić information content (AvgIpc) is 3.49. The van der Waals surface area contributed by atoms with E-state index in [-0.39, 0.29) is 23.8 Å². The molecule has 0 unspecified atom stereocenters. The summed E-state index contributed by atoms with van der Waals surface area (Å²) in [7, 11) is 1.71. The van der Waals surface area contributed by atoms with Gasteiger partial charge in [-0.2, -0.15) is 18.3 Å². The Kier molecular flexibility index (Phi) is 13.7. The van der Waals surface area contributed by atoms with Crippen molar-refractivity contribution in [2.24, 2.45) is 7.05 Å². The number of fused-ring (bicyclic) bond motifs is 1. The molecule has 4 amide bonds. The van der Waals surface area contributed by atoms with Gasteiger partial charge in [-0.05, 0) is 142 Å². The number of ether oxygens (including phenoxy) is 3. The Bertz CT molecular complexity index is 2290. The Hall–Kier alpha value is -5.74. The molecule has 0 atom stereocenters. The van der Waals surface area contributed by atoms with E-state index in [1.165, 1.54) is 11.0 Å². The zero-order chi connectivity index (χ0) is 46.1. The number of nitrogens with one attached hydrogen (secondary N) is 1. The third kappa shape index (κ3) is 12.0. The van der Waals surface area contributed by atoms with Gasteiger partial charge < -0.3 is 19.5 Å². The maximum absolute atomic E-state index is 14.0. The molecule has 2 heterocycles. The van der Waals surface area contributed by atoms with Crippen LogP contribution in [0.1, 0.15) is 117 Å². The fraction of sp³-hybridized carbons (Fsp3) is 0.533. The summed E-state index contributed by atoms with van der Waals surface area (Å²) in [4.78, 5) is 65.9. The van der Waals surface area contributed by atoms with E-state index in [2.05, 4.69) is 15.4 Å². The van der Waals surface area contributed by atoms with Crippen molar-refractivity contribution >= 4 is 46.9 Å². The van der Waals surface area contributed by atoms with Crippen molar-refractivity contribution in [3.63, 3.8) is 0 Å². The molecule has 17 heteroatoms. The lowest BCUT2D eigenvalue weighted by Gasteiger charge is -2.39. The highest BCUT2D eigenvalue weighted by atomic mass is 19.4. The minimum absolute atomic E-state index is 0.135. The molecule has 1 fully saturated rings. The van der Waals surface area contributed by atoms with Crippen molar-refractivity contribution < 1.29 is 46.6 Å². The number of hydrogen-bond acceptors (Lipinski definition) is 10. The number of hydrogen-bond donors (Lipinski definition) is 1. The van der Waals surface area contributed by atoms with Gasteiger partial charge in [0.25, 0.3) is 0 Å². The number of imide groups is 1. The third-order valence-electron chi connectivity index (χ3n) is 9.98. The van der Waals surface area contributed by atoms with E-state index in [0.717, 1.165) is 28.2 Å². The number of rotatable bonds is 8. The van der Waals surface area contributed by atoms with Crippen molar-refractivity contribution in [2.75, 3.05) is 10.2 Å². The maximum Gasteiger partial charge on any atom is 0.420 e. The van der Waals surface area contributed by atoms with Crippen molar-refractivity contribution in [2.45, 2.75) is 150 Å². The van der Waals surface area contributed by atoms with Gasteiger partial charge in [0.1, 0.15) is 16.8 Å². The molecule has 1 saturated carbocycles. The topological polar surface area (TPSA) is 158 Å². The lowest BCUT2D eigenvalue weighted by Crippen LogP contribution is -2.52. The summed E-state index contributed by atoms with van der Waals surface area (Å²) >= 11 is 0. The number of carbonyl (C=O) groups is 4. The molecule has 5 rings (SSSR count). The molecular formula is C45H58F3N7O7. The number of anilines is 2. The van der Waals surface area contributed by atoms with Crippen LogP contribution in [0.2, 0.25) is 0 Å². The average molecular weight is 866 g/mol. The Labute approximate surface area is 360 Å². The van der Waals surface area contributed by atoms with Crippen LogP contribution in [0.15, 0.2) is 42.6 Å². The summed E-state index contributed by atoms with van der Waals surface area (Å²) in [6.45, 7) is 19.2. The third-order valence-corrected chi connectivity index (χ3v) is 9.98. The van der Waals surface area contributed by atoms with E-state index in [9.17, 15) is 32.3 Å². The molecule has 1 aliphatic carbocycles. The summed E-state index contributed by atoms with van der Waals surface area (Å²) in [5.41, 5.74) is 0.293. The number of carbonyl (C=O) groups excluding carboxylic acids is 4. The minimum atomic E-state index is -4.53. The number of alkyl halides is 3. The first-order valence-electron chi connectivity index (χ1n) is 20.7. The molecule has 1 N–H and O–H groups in total. The normalized spacial score (nSPS) is 16.1. The van der Waals surface area contributed by atoms with Gasteiger partial charge in [-0.25, -0.2) is 34.2 Å². The van der Waals surface area contributed by atoms with Crippen molar-refractivity contribution in [1.82, 2.24) is 24.6 Å². The summed E-state index contributed by atoms with van der Waals surface area (Å²) in [6, 6.07) is 7.82. The van der Waals surface area contributed by atoms with Crippen LogP contribution in [0, 0.1) is 6.92 Å². The maximum atomic E-state index is 14.0. The Balaban J connectivity index is 1.41. The lowest BCUT2D eigenvalue weighted by molar-refractivity contribution is -0.137. The van der Waals surface area contributed by atoms with Gasteiger partial charge in [0.2, 0.25) is 11.9 Å². The molecule has 0 saturated heterocycles. The quantitative estimate of drug-likeness (QED) is 0.169. The van der Waals surface area contributed by atoms with E-state index in [1.807, 2.05) is 19.1 Å². The molecule has 14 nitrogen and oxygen atoms in total. The van der Waals surface area contributed by atoms with Gasteiger partial charge in [-0.15, -0.1) is 0 Å². The molecule has 62 heavy (non-hydrogen) atoms. The Morgan fingerprint density at radius 1 is 0.790 bits per heavy atom. The molecule has 1 aliphatic rings. The second-order valence-electron chi connectivity index (χ2n) is 18.6. The van der Waals surface area contributed by atoms with Crippen LogP contribution < -0.4 is 10.2 Å². The smallest absolute Gasteiger partial charge is 0.420 e. The largest absolute Gasteiger partial charge is 0.443 e. The number of benzene rings is 2. The highest BCUT2D eigenvalue weighted by Crippen LogP contribution is 2.35. The van der Waals surface area contributed by atoms with Crippen LogP contribution in [0.25, 0.3) is 22.2 Å². The van der Waals surface area contributed by atoms with E-state index >= 15 is 0 Å². The highest BCUT2D eigenvalue weighted by molar-refractivity contribution is 5.94. The zero-order valence-corrected chi connectivity index (χ0v) is 37.6. The lowest BCUT2D eigenvalue weighted by atomic mass is 9.89. The van der Waals surface area contributed by atoms with Gasteiger partial charge in [0, 0.05) is 42.3 Å². The van der Waals surface area contributed by atoms with Crippen molar-refractivity contribution in [3.05, 3.63) is 64.8 Å². The fourth-order valence-electron chi connectivity index (χ4n) is 7.21. The zero-order valence-electron chi connectivity index (χ0n) is 37.6. The number of nitrogens with zero attached hydrogens (tertiary/aromatic N) is 6. The molecule has 336 valence electrons. The predicted molar refractivity (Wildman–Crippen MR) is 229 cm³/mol. The standard InChI is InChI=1S/C45H58F3N7O7/c1-13-27-20-29(34-24-35(52-53(34)12)50-36(56)23-28-22-31(45(46,47)48)15-14-26(28)2)21-30-25-49-38(51-37(27)30)54(39(57)60-42(3,4)5)32-16-18-33(19-17-32)55(40(58)61-43(6,7)8)41(59)62-44(9,10)11/h14-15,20-22,24-25,32-33H,13,16-19,23H2,1-12H3,(H,50,52,56). The first kappa shape index (κ1) is 47.3. The van der Waals surface area contributed by atoms with Gasteiger partial charge >= 0.3 is 24.5 Å². The van der Waals surface area contributed by atoms with Crippen LogP contribution in [-0.4, -0.2) is 77.7 Å². The van der Waals surface area contributed by atoms with Gasteiger partial charge in [0.15, 0.2) is 5.82 Å². The van der Waals surface area contributed by atoms with Gasteiger partial charge in [-0.1, -0.05) is 13.0 Å². The first-order chi connectivity index (χ1) is 28.6. The second-order valence-corrected chi connectivity index (χ2v) is 18.6. The molecule has 0 radical (unpaired) electrons. The van der Waals surface area contributed by atoms with Crippen LogP contribution in [-0.2, 0) is 45.1 Å². The molecular weight excluding hydrogens is 808 g/mol. The number of aromatic nitrogens is 4. The van der Waals surface area contributed by atoms with Crippen molar-refractivity contribution in [1.29, 1.82) is 0 Å². The van der Waals surface area contributed by atoms with Crippen LogP contribution >= 0.6 is 0 Å². The number of aryl methyl sites for hydroxylation is 3. The molecule has 0 spiro atoms. The summed E-state index contributed by atoms with van der Waals surface area (Å²) in [6.07, 6.45) is -3.41. The number of halogens is 3. The fourth-order valence-corrected chi connectivity index (χ4v) is 7.21. The SMILES string of the molecule is CCc1cc(-c2cc(NC(=O)Cc3cc(C(F)(F)F)ccc3C)nn2C)cc2cnc(N(C(=O)OC(C)(C)C)C3CCC(N(C(=O)OC(C)(C)C)C(=O)OC(C)(C)C)CC3)nc12. The highest BCUT2D eigenvalue weighted by Gasteiger charge is 2.41. The second kappa shape index (κ2) is 17.9. The molecule has 0 bridgehead atoms. The van der Waals surface area contributed by atoms with E-state index < -0.39 is 64.8 Å². The predicted octanol–water partition coefficient (Wildman–Crippen LogP) is 10.3. The van der Waals surface area contributed by atoms with E-state index in [1.54, 1.807) is 93.2 Å². The Morgan fingerprint density at radius 2 is 1.35 bits per heavy atom. The van der Waals surface area contributed by atoms with Crippen LogP contribution in [0.5, 0.6) is 0 Å². The monoisotopic (exact) mass is 865 g/mol. The summed E-state index contributed by atoms with van der Waals surface area (Å²) in [5, 5.41) is 7.84. The molecule has 2 aromatic heterocycles. The van der Waals surface area contributed by atoms with Gasteiger partial charge in [-0.3, -0.25) is 9.48 Å². The summed E-state index contributed by atoms with van der Waals surface area (Å²) < 4.78 is 58.7. The number of amides is 4.